The van der Waals surface area contributed by atoms with Gasteiger partial charge >= 0.3 is 0 Å². The second-order valence-corrected chi connectivity index (χ2v) is 5.35. The molecule has 0 bridgehead atoms. The van der Waals surface area contributed by atoms with E-state index in [0.717, 1.165) is 11.1 Å². The molecule has 21 heavy (non-hydrogen) atoms. The molecule has 0 saturated heterocycles. The van der Waals surface area contributed by atoms with Gasteiger partial charge in [-0.05, 0) is 36.2 Å². The van der Waals surface area contributed by atoms with Crippen molar-refractivity contribution in [2.75, 3.05) is 10.6 Å². The highest BCUT2D eigenvalue weighted by Gasteiger charge is 2.21. The van der Waals surface area contributed by atoms with Crippen LogP contribution in [0.15, 0.2) is 34.9 Å². The number of hydrogen-bond acceptors (Lipinski definition) is 3. The van der Waals surface area contributed by atoms with Crippen molar-refractivity contribution in [2.45, 2.75) is 18.7 Å². The van der Waals surface area contributed by atoms with Crippen LogP contribution in [0.2, 0.25) is 0 Å². The Bertz CT molecular complexity index is 723. The van der Waals surface area contributed by atoms with Gasteiger partial charge in [0.05, 0.1) is 17.6 Å². The summed E-state index contributed by atoms with van der Waals surface area (Å²) >= 11 is 6.43. The lowest BCUT2D eigenvalue weighted by molar-refractivity contribution is -0.123. The fourth-order valence-electron chi connectivity index (χ4n) is 2.26. The second kappa shape index (κ2) is 5.26. The van der Waals surface area contributed by atoms with Gasteiger partial charge in [-0.2, -0.15) is 0 Å². The largest absolute Gasteiger partial charge is 0.467 e. The number of carbonyl (C=O) groups is 2. The van der Waals surface area contributed by atoms with Gasteiger partial charge in [-0.3, -0.25) is 9.59 Å². The second-order valence-electron chi connectivity index (χ2n) is 4.91. The first-order valence-corrected chi connectivity index (χ1v) is 6.90. The van der Waals surface area contributed by atoms with Crippen molar-refractivity contribution in [3.63, 3.8) is 0 Å². The number of anilines is 2. The first-order valence-electron chi connectivity index (χ1n) is 6.46. The van der Waals surface area contributed by atoms with Crippen molar-refractivity contribution < 1.29 is 14.0 Å². The maximum atomic E-state index is 11.6. The molecular formula is C15H13ClN2O3. The molecule has 0 spiro atoms. The summed E-state index contributed by atoms with van der Waals surface area (Å²) in [4.78, 5) is 23.1. The van der Waals surface area contributed by atoms with Crippen LogP contribution < -0.4 is 10.6 Å². The van der Waals surface area contributed by atoms with Gasteiger partial charge in [0, 0.05) is 0 Å². The fraction of sp³-hybridized carbons (Fsp3) is 0.200. The molecule has 2 aromatic rings. The van der Waals surface area contributed by atoms with Gasteiger partial charge in [0.2, 0.25) is 11.8 Å². The first kappa shape index (κ1) is 13.7. The van der Waals surface area contributed by atoms with Gasteiger partial charge in [-0.25, -0.2) is 0 Å². The number of nitrogens with one attached hydrogen (secondary N) is 2. The summed E-state index contributed by atoms with van der Waals surface area (Å²) in [6, 6.07) is 7.12. The summed E-state index contributed by atoms with van der Waals surface area (Å²) in [6.07, 6.45) is 1.40. The number of carbonyl (C=O) groups excluding carboxylic acids is 2. The third-order valence-electron chi connectivity index (χ3n) is 3.34. The molecule has 1 aromatic heterocycles. The molecule has 108 valence electrons. The summed E-state index contributed by atoms with van der Waals surface area (Å²) in [7, 11) is 0. The Morgan fingerprint density at radius 3 is 2.52 bits per heavy atom. The van der Waals surface area contributed by atoms with Crippen molar-refractivity contribution in [3.05, 3.63) is 47.4 Å². The zero-order valence-corrected chi connectivity index (χ0v) is 12.0. The number of furan rings is 1. The van der Waals surface area contributed by atoms with Gasteiger partial charge < -0.3 is 15.1 Å². The zero-order chi connectivity index (χ0) is 15.0. The third-order valence-corrected chi connectivity index (χ3v) is 3.79. The Morgan fingerprint density at radius 2 is 1.86 bits per heavy atom. The zero-order valence-electron chi connectivity index (χ0n) is 11.3. The van der Waals surface area contributed by atoms with E-state index in [2.05, 4.69) is 10.6 Å². The van der Waals surface area contributed by atoms with Crippen LogP contribution in [0.4, 0.5) is 11.4 Å². The number of alkyl halides is 1. The van der Waals surface area contributed by atoms with Crippen molar-refractivity contribution in [2.24, 2.45) is 0 Å². The van der Waals surface area contributed by atoms with E-state index in [1.54, 1.807) is 24.5 Å². The van der Waals surface area contributed by atoms with Crippen LogP contribution in [0.5, 0.6) is 0 Å². The molecule has 1 aliphatic rings. The van der Waals surface area contributed by atoms with E-state index < -0.39 is 5.38 Å². The highest BCUT2D eigenvalue weighted by atomic mass is 35.5. The van der Waals surface area contributed by atoms with Crippen molar-refractivity contribution in [1.29, 1.82) is 0 Å². The Kier molecular flexibility index (Phi) is 3.43. The quantitative estimate of drug-likeness (QED) is 0.661. The number of benzene rings is 1. The lowest BCUT2D eigenvalue weighted by atomic mass is 10.1. The molecule has 0 aliphatic carbocycles. The minimum Gasteiger partial charge on any atom is -0.467 e. The summed E-state index contributed by atoms with van der Waals surface area (Å²) in [5.74, 6) is -0.00685. The minimum atomic E-state index is -0.457. The highest BCUT2D eigenvalue weighted by Crippen LogP contribution is 2.35. The van der Waals surface area contributed by atoms with Gasteiger partial charge in [0.1, 0.15) is 17.6 Å². The van der Waals surface area contributed by atoms with E-state index >= 15 is 0 Å². The molecule has 2 N–H and O–H groups in total. The molecule has 0 radical (unpaired) electrons. The molecule has 5 nitrogen and oxygen atoms in total. The number of aryl methyl sites for hydroxylation is 1. The normalized spacial score (nSPS) is 15.7. The van der Waals surface area contributed by atoms with E-state index in [1.165, 1.54) is 0 Å². The molecule has 0 saturated carbocycles. The smallest absolute Gasteiger partial charge is 0.233 e. The topological polar surface area (TPSA) is 71.3 Å². The van der Waals surface area contributed by atoms with E-state index in [9.17, 15) is 9.59 Å². The summed E-state index contributed by atoms with van der Waals surface area (Å²) in [5, 5.41) is 4.92. The number of amides is 2. The average molecular weight is 305 g/mol. The van der Waals surface area contributed by atoms with Gasteiger partial charge in [-0.1, -0.05) is 6.07 Å². The molecule has 1 aromatic carbocycles. The van der Waals surface area contributed by atoms with Crippen molar-refractivity contribution >= 4 is 34.8 Å². The van der Waals surface area contributed by atoms with Crippen LogP contribution in [0.1, 0.15) is 28.7 Å². The van der Waals surface area contributed by atoms with Crippen LogP contribution in [0.25, 0.3) is 0 Å². The van der Waals surface area contributed by atoms with Gasteiger partial charge in [-0.15, -0.1) is 11.6 Å². The number of fused-ring (bicyclic) bond motifs is 1. The number of hydrogen-bond donors (Lipinski definition) is 2. The lowest BCUT2D eigenvalue weighted by Gasteiger charge is -2.13. The van der Waals surface area contributed by atoms with Crippen LogP contribution in [0, 0.1) is 6.92 Å². The van der Waals surface area contributed by atoms with E-state index in [-0.39, 0.29) is 18.2 Å². The first-order chi connectivity index (χ1) is 10.0. The fourth-order valence-corrected chi connectivity index (χ4v) is 2.62. The average Bonchev–Trinajstić information content (AvgIpc) is 2.79. The van der Waals surface area contributed by atoms with Crippen molar-refractivity contribution in [1.82, 2.24) is 0 Å². The lowest BCUT2D eigenvalue weighted by Crippen LogP contribution is -2.16. The monoisotopic (exact) mass is 304 g/mol. The standard InChI is InChI=1S/C15H13ClN2O3/c1-8-4-5-21-15(8)14(16)9-2-3-10-11(6-9)18-13(20)7-12(19)17-10/h2-6,14H,7H2,1H3,(H,17,19)(H,18,20). The van der Waals surface area contributed by atoms with Crippen LogP contribution in [0.3, 0.4) is 0 Å². The van der Waals surface area contributed by atoms with Gasteiger partial charge in [0.15, 0.2) is 0 Å². The Hall–Kier alpha value is -2.27. The summed E-state index contributed by atoms with van der Waals surface area (Å²) < 4.78 is 5.40. The Labute approximate surface area is 126 Å². The SMILES string of the molecule is Cc1ccoc1C(Cl)c1ccc2c(c1)NC(=O)CC(=O)N2. The highest BCUT2D eigenvalue weighted by molar-refractivity contribution is 6.22. The van der Waals surface area contributed by atoms with Crippen LogP contribution in [-0.2, 0) is 9.59 Å². The molecule has 0 fully saturated rings. The molecule has 1 atom stereocenters. The van der Waals surface area contributed by atoms with Crippen LogP contribution >= 0.6 is 11.6 Å². The Balaban J connectivity index is 1.98. The third kappa shape index (κ3) is 2.64. The molecule has 6 heteroatoms. The molecule has 1 aliphatic heterocycles. The van der Waals surface area contributed by atoms with E-state index in [0.29, 0.717) is 17.1 Å². The summed E-state index contributed by atoms with van der Waals surface area (Å²) in [5.41, 5.74) is 2.85. The Morgan fingerprint density at radius 1 is 1.14 bits per heavy atom. The molecular weight excluding hydrogens is 292 g/mol. The number of halogens is 1. The summed E-state index contributed by atoms with van der Waals surface area (Å²) in [6.45, 7) is 1.92. The van der Waals surface area contributed by atoms with E-state index in [4.69, 9.17) is 16.0 Å². The van der Waals surface area contributed by atoms with E-state index in [1.807, 2.05) is 13.0 Å². The maximum absolute atomic E-state index is 11.6. The van der Waals surface area contributed by atoms with Gasteiger partial charge in [0.25, 0.3) is 0 Å². The predicted molar refractivity (Wildman–Crippen MR) is 79.5 cm³/mol. The minimum absolute atomic E-state index is 0.189. The molecule has 1 unspecified atom stereocenters. The van der Waals surface area contributed by atoms with Crippen molar-refractivity contribution in [3.8, 4) is 0 Å². The molecule has 3 rings (SSSR count). The molecule has 2 heterocycles. The number of rotatable bonds is 2. The molecule has 2 amide bonds. The van der Waals surface area contributed by atoms with Crippen LogP contribution in [-0.4, -0.2) is 11.8 Å². The predicted octanol–water partition coefficient (Wildman–Crippen LogP) is 3.20. The maximum Gasteiger partial charge on any atom is 0.233 e.